The van der Waals surface area contributed by atoms with Crippen LogP contribution in [-0.2, 0) is 0 Å². The molecule has 3 nitrogen and oxygen atoms in total. The molecule has 0 aliphatic carbocycles. The van der Waals surface area contributed by atoms with Gasteiger partial charge in [0.25, 0.3) is 5.56 Å². The van der Waals surface area contributed by atoms with Gasteiger partial charge in [-0.3, -0.25) is 4.79 Å². The van der Waals surface area contributed by atoms with E-state index < -0.39 is 0 Å². The molecule has 0 spiro atoms. The molecule has 0 fully saturated rings. The van der Waals surface area contributed by atoms with Crippen molar-refractivity contribution < 1.29 is 4.39 Å². The number of aromatic nitrogens is 2. The highest BCUT2D eigenvalue weighted by Crippen LogP contribution is 2.29. The summed E-state index contributed by atoms with van der Waals surface area (Å²) in [5, 5.41) is 0.531. The molecule has 3 aromatic rings. The molecule has 0 aliphatic heterocycles. The first-order chi connectivity index (χ1) is 9.22. The van der Waals surface area contributed by atoms with Crippen LogP contribution in [0.4, 0.5) is 4.39 Å². The minimum Gasteiger partial charge on any atom is -0.313 e. The van der Waals surface area contributed by atoms with Gasteiger partial charge >= 0.3 is 0 Å². The highest BCUT2D eigenvalue weighted by molar-refractivity contribution is 7.99. The molecule has 1 heterocycles. The number of H-pyrrole nitrogens is 1. The maximum atomic E-state index is 13.1. The Kier molecular flexibility index (Phi) is 3.05. The first kappa shape index (κ1) is 11.9. The number of hydrogen-bond acceptors (Lipinski definition) is 3. The van der Waals surface area contributed by atoms with Crippen molar-refractivity contribution in [3.8, 4) is 0 Å². The molecule has 5 heteroatoms. The van der Waals surface area contributed by atoms with Gasteiger partial charge < -0.3 is 4.98 Å². The zero-order valence-corrected chi connectivity index (χ0v) is 10.6. The molecule has 1 N–H and O–H groups in total. The van der Waals surface area contributed by atoms with Crippen LogP contribution in [0, 0.1) is 5.82 Å². The average molecular weight is 272 g/mol. The molecule has 19 heavy (non-hydrogen) atoms. The third kappa shape index (κ3) is 2.51. The van der Waals surface area contributed by atoms with Gasteiger partial charge in [0, 0.05) is 9.79 Å². The van der Waals surface area contributed by atoms with Crippen LogP contribution in [0.5, 0.6) is 0 Å². The second-order valence-corrected chi connectivity index (χ2v) is 5.12. The van der Waals surface area contributed by atoms with Gasteiger partial charge in [0.1, 0.15) is 5.82 Å². The van der Waals surface area contributed by atoms with Crippen LogP contribution in [-0.4, -0.2) is 9.97 Å². The minimum absolute atomic E-state index is 0.174. The van der Waals surface area contributed by atoms with E-state index in [-0.39, 0.29) is 11.4 Å². The summed E-state index contributed by atoms with van der Waals surface area (Å²) in [6.45, 7) is 0. The monoisotopic (exact) mass is 272 g/mol. The fourth-order valence-electron chi connectivity index (χ4n) is 1.78. The third-order valence-corrected chi connectivity index (χ3v) is 3.62. The Bertz CT molecular complexity index is 801. The van der Waals surface area contributed by atoms with Crippen LogP contribution in [0.25, 0.3) is 10.9 Å². The number of nitrogens with one attached hydrogen (secondary N) is 1. The fraction of sp³-hybridized carbons (Fsp3) is 0. The van der Waals surface area contributed by atoms with E-state index in [4.69, 9.17) is 0 Å². The number of hydrogen-bond donors (Lipinski definition) is 1. The summed E-state index contributed by atoms with van der Waals surface area (Å²) in [6, 6.07) is 11.8. The second kappa shape index (κ2) is 4.85. The molecule has 94 valence electrons. The molecule has 0 aliphatic rings. The van der Waals surface area contributed by atoms with Crippen molar-refractivity contribution in [3.05, 3.63) is 65.0 Å². The average Bonchev–Trinajstić information content (AvgIpc) is 2.40. The van der Waals surface area contributed by atoms with Crippen molar-refractivity contribution >= 4 is 22.7 Å². The summed E-state index contributed by atoms with van der Waals surface area (Å²) >= 11 is 1.40. The molecular formula is C14H9FN2OS. The Morgan fingerprint density at radius 1 is 1.11 bits per heavy atom. The Hall–Kier alpha value is -2.14. The summed E-state index contributed by atoms with van der Waals surface area (Å²) in [4.78, 5) is 20.0. The lowest BCUT2D eigenvalue weighted by Crippen LogP contribution is -2.05. The summed E-state index contributed by atoms with van der Waals surface area (Å²) in [5.74, 6) is -0.273. The number of benzene rings is 2. The van der Waals surface area contributed by atoms with Crippen LogP contribution in [0.15, 0.2) is 63.4 Å². The van der Waals surface area contributed by atoms with E-state index >= 15 is 0 Å². The summed E-state index contributed by atoms with van der Waals surface area (Å²) < 4.78 is 13.1. The number of nitrogens with zero attached hydrogens (tertiary/aromatic N) is 1. The Morgan fingerprint density at radius 3 is 2.79 bits per heavy atom. The Morgan fingerprint density at radius 2 is 1.95 bits per heavy atom. The quantitative estimate of drug-likeness (QED) is 0.779. The topological polar surface area (TPSA) is 45.8 Å². The van der Waals surface area contributed by atoms with Gasteiger partial charge in [-0.25, -0.2) is 9.37 Å². The van der Waals surface area contributed by atoms with E-state index in [9.17, 15) is 9.18 Å². The Balaban J connectivity index is 2.02. The molecule has 3 rings (SSSR count). The van der Waals surface area contributed by atoms with Crippen LogP contribution in [0.2, 0.25) is 0 Å². The number of rotatable bonds is 2. The van der Waals surface area contributed by atoms with E-state index in [0.29, 0.717) is 10.9 Å². The van der Waals surface area contributed by atoms with Crippen molar-refractivity contribution in [2.75, 3.05) is 0 Å². The lowest BCUT2D eigenvalue weighted by molar-refractivity contribution is 0.624. The molecule has 0 amide bonds. The third-order valence-electron chi connectivity index (χ3n) is 2.64. The molecular weight excluding hydrogens is 263 g/mol. The predicted molar refractivity (Wildman–Crippen MR) is 72.9 cm³/mol. The highest BCUT2D eigenvalue weighted by atomic mass is 32.2. The number of fused-ring (bicyclic) bond motifs is 1. The number of aromatic amines is 1. The number of halogens is 1. The Labute approximate surface area is 112 Å². The molecule has 0 saturated carbocycles. The van der Waals surface area contributed by atoms with Crippen LogP contribution in [0.3, 0.4) is 0 Å². The minimum atomic E-state index is -0.273. The maximum Gasteiger partial charge on any atom is 0.258 e. The van der Waals surface area contributed by atoms with Crippen molar-refractivity contribution in [2.45, 2.75) is 9.79 Å². The van der Waals surface area contributed by atoms with E-state index in [2.05, 4.69) is 9.97 Å². The standard InChI is InChI=1S/C14H9FN2OS/c15-9-2-1-3-10(6-9)19-11-4-5-13-12(7-11)14(18)17-8-16-13/h1-8H,(H,16,17,18). The normalized spacial score (nSPS) is 10.8. The molecule has 2 aromatic carbocycles. The van der Waals surface area contributed by atoms with Gasteiger partial charge in [-0.1, -0.05) is 17.8 Å². The molecule has 1 aromatic heterocycles. The van der Waals surface area contributed by atoms with Crippen LogP contribution < -0.4 is 5.56 Å². The van der Waals surface area contributed by atoms with Gasteiger partial charge in [-0.15, -0.1) is 0 Å². The smallest absolute Gasteiger partial charge is 0.258 e. The van der Waals surface area contributed by atoms with E-state index in [1.807, 2.05) is 12.1 Å². The molecule has 0 bridgehead atoms. The lowest BCUT2D eigenvalue weighted by atomic mass is 10.2. The molecule has 0 saturated heterocycles. The zero-order valence-electron chi connectivity index (χ0n) is 9.76. The van der Waals surface area contributed by atoms with Gasteiger partial charge in [0.05, 0.1) is 17.2 Å². The van der Waals surface area contributed by atoms with Gasteiger partial charge in [-0.05, 0) is 36.4 Å². The predicted octanol–water partition coefficient (Wildman–Crippen LogP) is 3.21. The van der Waals surface area contributed by atoms with Crippen molar-refractivity contribution in [1.82, 2.24) is 9.97 Å². The first-order valence-electron chi connectivity index (χ1n) is 5.63. The van der Waals surface area contributed by atoms with E-state index in [1.54, 1.807) is 18.2 Å². The lowest BCUT2D eigenvalue weighted by Gasteiger charge is -2.03. The van der Waals surface area contributed by atoms with Crippen LogP contribution in [0.1, 0.15) is 0 Å². The second-order valence-electron chi connectivity index (χ2n) is 3.97. The van der Waals surface area contributed by atoms with Crippen molar-refractivity contribution in [2.24, 2.45) is 0 Å². The van der Waals surface area contributed by atoms with Crippen molar-refractivity contribution in [3.63, 3.8) is 0 Å². The highest BCUT2D eigenvalue weighted by Gasteiger charge is 2.03. The maximum absolute atomic E-state index is 13.1. The van der Waals surface area contributed by atoms with Gasteiger partial charge in [0.15, 0.2) is 0 Å². The van der Waals surface area contributed by atoms with E-state index in [1.165, 1.54) is 30.2 Å². The summed E-state index contributed by atoms with van der Waals surface area (Å²) in [6.07, 6.45) is 1.38. The largest absolute Gasteiger partial charge is 0.313 e. The van der Waals surface area contributed by atoms with Crippen LogP contribution >= 0.6 is 11.8 Å². The SMILES string of the molecule is O=c1[nH]cnc2ccc(Sc3cccc(F)c3)cc12. The first-order valence-corrected chi connectivity index (χ1v) is 6.45. The van der Waals surface area contributed by atoms with Gasteiger partial charge in [0.2, 0.25) is 0 Å². The van der Waals surface area contributed by atoms with E-state index in [0.717, 1.165) is 9.79 Å². The van der Waals surface area contributed by atoms with Crippen molar-refractivity contribution in [1.29, 1.82) is 0 Å². The molecule has 0 unspecified atom stereocenters. The molecule has 0 radical (unpaired) electrons. The molecule has 0 atom stereocenters. The summed E-state index contributed by atoms with van der Waals surface area (Å²) in [5.41, 5.74) is 0.471. The van der Waals surface area contributed by atoms with Gasteiger partial charge in [-0.2, -0.15) is 0 Å². The fourth-order valence-corrected chi connectivity index (χ4v) is 2.68. The summed E-state index contributed by atoms with van der Waals surface area (Å²) in [7, 11) is 0. The zero-order chi connectivity index (χ0) is 13.2.